The fraction of sp³-hybridized carbons (Fsp3) is 0.143. The number of nitro benzene ring substituents is 1. The van der Waals surface area contributed by atoms with Crippen molar-refractivity contribution in [3.8, 4) is 0 Å². The minimum absolute atomic E-state index is 0.0110. The van der Waals surface area contributed by atoms with Crippen molar-refractivity contribution in [3.05, 3.63) is 57.6 Å². The standard InChI is InChI=1S/C14H15N3O2/c1-9-3-4-11(7-10(9)2)16-14-6-5-12(17(18)19)8-13(14)15/h3-8,16H,15H2,1-2H3. The van der Waals surface area contributed by atoms with E-state index in [-0.39, 0.29) is 5.69 Å². The van der Waals surface area contributed by atoms with Crippen molar-refractivity contribution in [2.45, 2.75) is 13.8 Å². The second-order valence-corrected chi connectivity index (χ2v) is 4.45. The zero-order chi connectivity index (χ0) is 14.0. The van der Waals surface area contributed by atoms with Crippen molar-refractivity contribution in [2.24, 2.45) is 0 Å². The molecule has 0 bridgehead atoms. The molecule has 2 aromatic rings. The molecule has 98 valence electrons. The van der Waals surface area contributed by atoms with Gasteiger partial charge < -0.3 is 11.1 Å². The SMILES string of the molecule is Cc1ccc(Nc2ccc([N+](=O)[O-])cc2N)cc1C. The van der Waals surface area contributed by atoms with Crippen LogP contribution in [0.3, 0.4) is 0 Å². The Kier molecular flexibility index (Phi) is 3.37. The van der Waals surface area contributed by atoms with Crippen LogP contribution in [0.2, 0.25) is 0 Å². The van der Waals surface area contributed by atoms with E-state index in [1.165, 1.54) is 23.3 Å². The number of nitrogens with one attached hydrogen (secondary N) is 1. The summed E-state index contributed by atoms with van der Waals surface area (Å²) >= 11 is 0. The van der Waals surface area contributed by atoms with Gasteiger partial charge in [-0.3, -0.25) is 10.1 Å². The van der Waals surface area contributed by atoms with Crippen LogP contribution < -0.4 is 11.1 Å². The number of nitro groups is 1. The fourth-order valence-corrected chi connectivity index (χ4v) is 1.75. The van der Waals surface area contributed by atoms with E-state index in [0.717, 1.165) is 5.69 Å². The Labute approximate surface area is 111 Å². The number of hydrogen-bond acceptors (Lipinski definition) is 4. The van der Waals surface area contributed by atoms with E-state index < -0.39 is 4.92 Å². The summed E-state index contributed by atoms with van der Waals surface area (Å²) in [4.78, 5) is 10.2. The van der Waals surface area contributed by atoms with Gasteiger partial charge in [-0.05, 0) is 43.2 Å². The van der Waals surface area contributed by atoms with Crippen LogP contribution in [0.1, 0.15) is 11.1 Å². The number of nitrogens with zero attached hydrogens (tertiary/aromatic N) is 1. The summed E-state index contributed by atoms with van der Waals surface area (Å²) < 4.78 is 0. The molecular formula is C14H15N3O2. The molecule has 0 spiro atoms. The second-order valence-electron chi connectivity index (χ2n) is 4.45. The average Bonchev–Trinajstić information content (AvgIpc) is 2.36. The van der Waals surface area contributed by atoms with Crippen molar-refractivity contribution in [3.63, 3.8) is 0 Å². The highest BCUT2D eigenvalue weighted by Gasteiger charge is 2.08. The van der Waals surface area contributed by atoms with Crippen LogP contribution in [0, 0.1) is 24.0 Å². The van der Waals surface area contributed by atoms with Gasteiger partial charge in [0.15, 0.2) is 0 Å². The number of nitrogen functional groups attached to an aromatic ring is 1. The lowest BCUT2D eigenvalue weighted by atomic mass is 10.1. The summed E-state index contributed by atoms with van der Waals surface area (Å²) in [6, 6.07) is 10.4. The lowest BCUT2D eigenvalue weighted by molar-refractivity contribution is -0.384. The highest BCUT2D eigenvalue weighted by molar-refractivity contribution is 5.75. The molecular weight excluding hydrogens is 242 g/mol. The average molecular weight is 257 g/mol. The van der Waals surface area contributed by atoms with Crippen LogP contribution in [0.5, 0.6) is 0 Å². The molecule has 0 aliphatic rings. The van der Waals surface area contributed by atoms with E-state index in [2.05, 4.69) is 5.32 Å². The first kappa shape index (κ1) is 12.9. The normalized spacial score (nSPS) is 10.2. The van der Waals surface area contributed by atoms with Crippen LogP contribution in [0.25, 0.3) is 0 Å². The monoisotopic (exact) mass is 257 g/mol. The zero-order valence-corrected chi connectivity index (χ0v) is 10.8. The van der Waals surface area contributed by atoms with Crippen molar-refractivity contribution < 1.29 is 4.92 Å². The molecule has 0 aliphatic carbocycles. The van der Waals surface area contributed by atoms with Gasteiger partial charge in [-0.15, -0.1) is 0 Å². The molecule has 0 aliphatic heterocycles. The molecule has 19 heavy (non-hydrogen) atoms. The molecule has 0 saturated heterocycles. The summed E-state index contributed by atoms with van der Waals surface area (Å²) in [5, 5.41) is 13.8. The zero-order valence-electron chi connectivity index (χ0n) is 10.8. The molecule has 0 unspecified atom stereocenters. The fourth-order valence-electron chi connectivity index (χ4n) is 1.75. The number of anilines is 3. The molecule has 0 atom stereocenters. The Hall–Kier alpha value is -2.56. The van der Waals surface area contributed by atoms with E-state index in [4.69, 9.17) is 5.73 Å². The molecule has 0 fully saturated rings. The topological polar surface area (TPSA) is 81.2 Å². The van der Waals surface area contributed by atoms with Crippen LogP contribution >= 0.6 is 0 Å². The molecule has 0 radical (unpaired) electrons. The van der Waals surface area contributed by atoms with Gasteiger partial charge in [-0.1, -0.05) is 6.07 Å². The third kappa shape index (κ3) is 2.82. The summed E-state index contributed by atoms with van der Waals surface area (Å²) in [5.74, 6) is 0. The molecule has 5 heteroatoms. The molecule has 0 amide bonds. The molecule has 2 aromatic carbocycles. The van der Waals surface area contributed by atoms with E-state index in [9.17, 15) is 10.1 Å². The van der Waals surface area contributed by atoms with Crippen molar-refractivity contribution >= 4 is 22.7 Å². The Morgan fingerprint density at radius 2 is 1.84 bits per heavy atom. The number of rotatable bonds is 3. The van der Waals surface area contributed by atoms with E-state index in [1.54, 1.807) is 6.07 Å². The minimum Gasteiger partial charge on any atom is -0.397 e. The summed E-state index contributed by atoms with van der Waals surface area (Å²) in [6.07, 6.45) is 0. The molecule has 0 aromatic heterocycles. The Bertz CT molecular complexity index is 639. The van der Waals surface area contributed by atoms with Gasteiger partial charge in [0.2, 0.25) is 0 Å². The highest BCUT2D eigenvalue weighted by Crippen LogP contribution is 2.27. The van der Waals surface area contributed by atoms with Crippen molar-refractivity contribution in [2.75, 3.05) is 11.1 Å². The van der Waals surface area contributed by atoms with Crippen LogP contribution in [0.4, 0.5) is 22.7 Å². The third-order valence-corrected chi connectivity index (χ3v) is 3.03. The molecule has 3 N–H and O–H groups in total. The van der Waals surface area contributed by atoms with Crippen LogP contribution in [-0.4, -0.2) is 4.92 Å². The maximum absolute atomic E-state index is 10.6. The first-order chi connectivity index (χ1) is 8.97. The van der Waals surface area contributed by atoms with E-state index >= 15 is 0 Å². The molecule has 5 nitrogen and oxygen atoms in total. The number of nitrogens with two attached hydrogens (primary N) is 1. The summed E-state index contributed by atoms with van der Waals surface area (Å²) in [6.45, 7) is 4.07. The van der Waals surface area contributed by atoms with Gasteiger partial charge >= 0.3 is 0 Å². The summed E-state index contributed by atoms with van der Waals surface area (Å²) in [5.41, 5.74) is 10.1. The second kappa shape index (κ2) is 4.97. The molecule has 2 rings (SSSR count). The minimum atomic E-state index is -0.462. The highest BCUT2D eigenvalue weighted by atomic mass is 16.6. The predicted octanol–water partition coefficient (Wildman–Crippen LogP) is 3.54. The van der Waals surface area contributed by atoms with Gasteiger partial charge in [-0.2, -0.15) is 0 Å². The maximum atomic E-state index is 10.6. The number of aryl methyl sites for hydroxylation is 2. The van der Waals surface area contributed by atoms with Crippen LogP contribution in [-0.2, 0) is 0 Å². The smallest absolute Gasteiger partial charge is 0.271 e. The molecule has 0 saturated carbocycles. The van der Waals surface area contributed by atoms with E-state index in [1.807, 2.05) is 32.0 Å². The maximum Gasteiger partial charge on any atom is 0.271 e. The Morgan fingerprint density at radius 3 is 2.42 bits per heavy atom. The van der Waals surface area contributed by atoms with Crippen molar-refractivity contribution in [1.82, 2.24) is 0 Å². The molecule has 0 heterocycles. The van der Waals surface area contributed by atoms with E-state index in [0.29, 0.717) is 11.4 Å². The third-order valence-electron chi connectivity index (χ3n) is 3.03. The quantitative estimate of drug-likeness (QED) is 0.500. The first-order valence-electron chi connectivity index (χ1n) is 5.85. The number of non-ortho nitro benzene ring substituents is 1. The van der Waals surface area contributed by atoms with Gasteiger partial charge in [0.05, 0.1) is 16.3 Å². The van der Waals surface area contributed by atoms with Gasteiger partial charge in [0.25, 0.3) is 5.69 Å². The summed E-state index contributed by atoms with van der Waals surface area (Å²) in [7, 11) is 0. The predicted molar refractivity (Wildman–Crippen MR) is 76.7 cm³/mol. The van der Waals surface area contributed by atoms with Gasteiger partial charge in [-0.25, -0.2) is 0 Å². The number of benzene rings is 2. The lowest BCUT2D eigenvalue weighted by Gasteiger charge is -2.10. The van der Waals surface area contributed by atoms with Gasteiger partial charge in [0.1, 0.15) is 0 Å². The largest absolute Gasteiger partial charge is 0.397 e. The Morgan fingerprint density at radius 1 is 1.11 bits per heavy atom. The van der Waals surface area contributed by atoms with Gasteiger partial charge in [0, 0.05) is 17.8 Å². The van der Waals surface area contributed by atoms with Crippen molar-refractivity contribution in [1.29, 1.82) is 0 Å². The van der Waals surface area contributed by atoms with Crippen LogP contribution in [0.15, 0.2) is 36.4 Å². The first-order valence-corrected chi connectivity index (χ1v) is 5.85. The Balaban J connectivity index is 2.28. The number of hydrogen-bond donors (Lipinski definition) is 2. The lowest BCUT2D eigenvalue weighted by Crippen LogP contribution is -1.98.